The highest BCUT2D eigenvalue weighted by Gasteiger charge is 2.15. The maximum Gasteiger partial charge on any atom is 0.159 e. The second-order valence-electron chi connectivity index (χ2n) is 5.83. The molecule has 0 aliphatic carbocycles. The standard InChI is InChI=1S/C18H21N3O/c1-14(22)15-4-3-5-16(12-15)17-6-7-18(19-13-17)21-10-8-20(2)9-11-21/h3-7,12-13H,8-11H2,1-2H3. The van der Waals surface area contributed by atoms with Gasteiger partial charge < -0.3 is 9.80 Å². The molecule has 1 aromatic carbocycles. The Hall–Kier alpha value is -2.20. The van der Waals surface area contributed by atoms with E-state index >= 15 is 0 Å². The fraction of sp³-hybridized carbons (Fsp3) is 0.333. The molecule has 1 saturated heterocycles. The van der Waals surface area contributed by atoms with Gasteiger partial charge in [0.2, 0.25) is 0 Å². The Balaban J connectivity index is 1.79. The van der Waals surface area contributed by atoms with Crippen molar-refractivity contribution < 1.29 is 4.79 Å². The molecule has 0 bridgehead atoms. The number of hydrogen-bond acceptors (Lipinski definition) is 4. The summed E-state index contributed by atoms with van der Waals surface area (Å²) in [6, 6.07) is 11.9. The van der Waals surface area contributed by atoms with Gasteiger partial charge >= 0.3 is 0 Å². The number of aromatic nitrogens is 1. The number of benzene rings is 1. The highest BCUT2D eigenvalue weighted by atomic mass is 16.1. The molecule has 4 heteroatoms. The van der Waals surface area contributed by atoms with E-state index in [2.05, 4.69) is 34.0 Å². The molecular weight excluding hydrogens is 274 g/mol. The van der Waals surface area contributed by atoms with Gasteiger partial charge in [-0.05, 0) is 37.7 Å². The summed E-state index contributed by atoms with van der Waals surface area (Å²) in [5.41, 5.74) is 2.81. The van der Waals surface area contributed by atoms with Crippen molar-refractivity contribution in [2.24, 2.45) is 0 Å². The first kappa shape index (κ1) is 14.7. The van der Waals surface area contributed by atoms with Crippen LogP contribution < -0.4 is 4.90 Å². The first-order valence-electron chi connectivity index (χ1n) is 7.64. The van der Waals surface area contributed by atoms with Crippen LogP contribution in [-0.2, 0) is 0 Å². The summed E-state index contributed by atoms with van der Waals surface area (Å²) in [4.78, 5) is 20.7. The van der Waals surface area contributed by atoms with Gasteiger partial charge in [-0.3, -0.25) is 4.79 Å². The first-order valence-corrected chi connectivity index (χ1v) is 7.64. The highest BCUT2D eigenvalue weighted by Crippen LogP contribution is 2.22. The minimum absolute atomic E-state index is 0.0869. The number of nitrogens with zero attached hydrogens (tertiary/aromatic N) is 3. The van der Waals surface area contributed by atoms with Gasteiger partial charge in [0, 0.05) is 43.5 Å². The molecule has 1 fully saturated rings. The van der Waals surface area contributed by atoms with Gasteiger partial charge in [-0.2, -0.15) is 0 Å². The van der Waals surface area contributed by atoms with Gasteiger partial charge in [-0.15, -0.1) is 0 Å². The van der Waals surface area contributed by atoms with Crippen LogP contribution in [0.15, 0.2) is 42.6 Å². The zero-order chi connectivity index (χ0) is 15.5. The molecule has 0 saturated carbocycles. The maximum absolute atomic E-state index is 11.5. The lowest BCUT2D eigenvalue weighted by Gasteiger charge is -2.33. The molecule has 2 aromatic rings. The number of anilines is 1. The summed E-state index contributed by atoms with van der Waals surface area (Å²) >= 11 is 0. The van der Waals surface area contributed by atoms with Crippen molar-refractivity contribution >= 4 is 11.6 Å². The summed E-state index contributed by atoms with van der Waals surface area (Å²) in [7, 11) is 2.15. The van der Waals surface area contributed by atoms with Crippen molar-refractivity contribution in [2.45, 2.75) is 6.92 Å². The Morgan fingerprint density at radius 2 is 1.82 bits per heavy atom. The molecule has 0 N–H and O–H groups in total. The van der Waals surface area contributed by atoms with Crippen LogP contribution in [0.1, 0.15) is 17.3 Å². The van der Waals surface area contributed by atoms with Gasteiger partial charge in [0.05, 0.1) is 0 Å². The second kappa shape index (κ2) is 6.28. The second-order valence-corrected chi connectivity index (χ2v) is 5.83. The van der Waals surface area contributed by atoms with E-state index in [0.29, 0.717) is 0 Å². The molecule has 0 spiro atoms. The minimum atomic E-state index is 0.0869. The Morgan fingerprint density at radius 3 is 2.45 bits per heavy atom. The number of Topliss-reactive ketones (excluding diaryl/α,β-unsaturated/α-hetero) is 1. The Labute approximate surface area is 131 Å². The SMILES string of the molecule is CC(=O)c1cccc(-c2ccc(N3CCN(C)CC3)nc2)c1. The number of hydrogen-bond donors (Lipinski definition) is 0. The van der Waals surface area contributed by atoms with Crippen LogP contribution in [0.3, 0.4) is 0 Å². The number of ketones is 1. The smallest absolute Gasteiger partial charge is 0.159 e. The van der Waals surface area contributed by atoms with Crippen molar-refractivity contribution in [2.75, 3.05) is 38.1 Å². The lowest BCUT2D eigenvalue weighted by Crippen LogP contribution is -2.44. The van der Waals surface area contributed by atoms with Crippen LogP contribution in [0.25, 0.3) is 11.1 Å². The molecule has 0 atom stereocenters. The van der Waals surface area contributed by atoms with Crippen molar-refractivity contribution in [3.8, 4) is 11.1 Å². The monoisotopic (exact) mass is 295 g/mol. The Bertz CT molecular complexity index is 658. The molecule has 3 rings (SSSR count). The van der Waals surface area contributed by atoms with Crippen LogP contribution in [0.4, 0.5) is 5.82 Å². The topological polar surface area (TPSA) is 36.4 Å². The van der Waals surface area contributed by atoms with Gasteiger partial charge in [0.15, 0.2) is 5.78 Å². The average molecular weight is 295 g/mol. The van der Waals surface area contributed by atoms with Crippen LogP contribution >= 0.6 is 0 Å². The van der Waals surface area contributed by atoms with E-state index in [0.717, 1.165) is 48.7 Å². The summed E-state index contributed by atoms with van der Waals surface area (Å²) in [6.07, 6.45) is 1.90. The van der Waals surface area contributed by atoms with E-state index in [-0.39, 0.29) is 5.78 Å². The van der Waals surface area contributed by atoms with Crippen LogP contribution in [0, 0.1) is 0 Å². The van der Waals surface area contributed by atoms with Gasteiger partial charge in [0.25, 0.3) is 0 Å². The third-order valence-electron chi connectivity index (χ3n) is 4.18. The zero-order valence-corrected chi connectivity index (χ0v) is 13.1. The number of carbonyl (C=O) groups excluding carboxylic acids is 1. The van der Waals surface area contributed by atoms with Crippen LogP contribution in [0.2, 0.25) is 0 Å². The zero-order valence-electron chi connectivity index (χ0n) is 13.1. The number of piperazine rings is 1. The largest absolute Gasteiger partial charge is 0.354 e. The van der Waals surface area contributed by atoms with E-state index in [4.69, 9.17) is 0 Å². The van der Waals surface area contributed by atoms with Gasteiger partial charge in [0.1, 0.15) is 5.82 Å². The van der Waals surface area contributed by atoms with E-state index in [9.17, 15) is 4.79 Å². The minimum Gasteiger partial charge on any atom is -0.354 e. The molecule has 1 aliphatic heterocycles. The number of rotatable bonds is 3. The highest BCUT2D eigenvalue weighted by molar-refractivity contribution is 5.95. The van der Waals surface area contributed by atoms with Crippen LogP contribution in [-0.4, -0.2) is 48.9 Å². The molecule has 0 unspecified atom stereocenters. The number of pyridine rings is 1. The molecular formula is C18H21N3O. The van der Waals surface area contributed by atoms with Crippen molar-refractivity contribution in [3.05, 3.63) is 48.2 Å². The maximum atomic E-state index is 11.5. The summed E-state index contributed by atoms with van der Waals surface area (Å²) < 4.78 is 0. The molecule has 0 amide bonds. The number of likely N-dealkylation sites (N-methyl/N-ethyl adjacent to an activating group) is 1. The quantitative estimate of drug-likeness (QED) is 0.816. The first-order chi connectivity index (χ1) is 10.6. The lowest BCUT2D eigenvalue weighted by atomic mass is 10.0. The van der Waals surface area contributed by atoms with E-state index < -0.39 is 0 Å². The third-order valence-corrected chi connectivity index (χ3v) is 4.18. The molecule has 4 nitrogen and oxygen atoms in total. The summed E-state index contributed by atoms with van der Waals surface area (Å²) in [5.74, 6) is 1.11. The van der Waals surface area contributed by atoms with Crippen molar-refractivity contribution in [1.29, 1.82) is 0 Å². The molecule has 114 valence electrons. The predicted octanol–water partition coefficient (Wildman–Crippen LogP) is 2.70. The molecule has 0 radical (unpaired) electrons. The Kier molecular flexibility index (Phi) is 4.20. The third kappa shape index (κ3) is 3.17. The number of carbonyl (C=O) groups is 1. The van der Waals surface area contributed by atoms with Crippen LogP contribution in [0.5, 0.6) is 0 Å². The Morgan fingerprint density at radius 1 is 1.05 bits per heavy atom. The molecule has 1 aromatic heterocycles. The molecule has 1 aliphatic rings. The summed E-state index contributed by atoms with van der Waals surface area (Å²) in [5, 5.41) is 0. The molecule has 22 heavy (non-hydrogen) atoms. The van der Waals surface area contributed by atoms with Gasteiger partial charge in [-0.1, -0.05) is 18.2 Å². The van der Waals surface area contributed by atoms with E-state index in [1.165, 1.54) is 0 Å². The summed E-state index contributed by atoms with van der Waals surface area (Å²) in [6.45, 7) is 5.77. The predicted molar refractivity (Wildman–Crippen MR) is 89.4 cm³/mol. The normalized spacial score (nSPS) is 15.8. The van der Waals surface area contributed by atoms with Crippen molar-refractivity contribution in [3.63, 3.8) is 0 Å². The van der Waals surface area contributed by atoms with Gasteiger partial charge in [-0.25, -0.2) is 4.98 Å². The molecule has 2 heterocycles. The fourth-order valence-corrected chi connectivity index (χ4v) is 2.70. The van der Waals surface area contributed by atoms with E-state index in [1.807, 2.05) is 30.5 Å². The lowest BCUT2D eigenvalue weighted by molar-refractivity contribution is 0.101. The fourth-order valence-electron chi connectivity index (χ4n) is 2.70. The van der Waals surface area contributed by atoms with Crippen molar-refractivity contribution in [1.82, 2.24) is 9.88 Å². The average Bonchev–Trinajstić information content (AvgIpc) is 2.56. The van der Waals surface area contributed by atoms with E-state index in [1.54, 1.807) is 6.92 Å².